The van der Waals surface area contributed by atoms with Crippen LogP contribution in [0.25, 0.3) is 0 Å². The third-order valence-electron chi connectivity index (χ3n) is 3.26. The zero-order valence-corrected chi connectivity index (χ0v) is 14.7. The summed E-state index contributed by atoms with van der Waals surface area (Å²) < 4.78 is 6.65. The molecule has 0 saturated heterocycles. The molecule has 1 aromatic rings. The quantitative estimate of drug-likeness (QED) is 0.786. The van der Waals surface area contributed by atoms with Crippen LogP contribution in [-0.4, -0.2) is 23.2 Å². The van der Waals surface area contributed by atoms with E-state index in [0.29, 0.717) is 11.3 Å². The second kappa shape index (κ2) is 8.39. The van der Waals surface area contributed by atoms with Crippen molar-refractivity contribution in [3.8, 4) is 5.75 Å². The van der Waals surface area contributed by atoms with Crippen LogP contribution in [0.1, 0.15) is 44.7 Å². The van der Waals surface area contributed by atoms with E-state index >= 15 is 0 Å². The first-order valence-electron chi connectivity index (χ1n) is 7.25. The molecule has 118 valence electrons. The van der Waals surface area contributed by atoms with Gasteiger partial charge in [0.05, 0.1) is 6.61 Å². The minimum Gasteiger partial charge on any atom is -0.480 e. The van der Waals surface area contributed by atoms with Gasteiger partial charge >= 0.3 is 0 Å². The van der Waals surface area contributed by atoms with Gasteiger partial charge in [-0.25, -0.2) is 0 Å². The molecule has 0 aliphatic rings. The predicted octanol–water partition coefficient (Wildman–Crippen LogP) is 3.32. The van der Waals surface area contributed by atoms with Crippen LogP contribution in [-0.2, 0) is 11.4 Å². The van der Waals surface area contributed by atoms with Crippen LogP contribution < -0.4 is 10.1 Å². The maximum atomic E-state index is 12.1. The number of ether oxygens (including phenoxy) is 1. The molecule has 0 fully saturated rings. The lowest BCUT2D eigenvalue weighted by atomic mass is 10.1. The molecule has 0 radical (unpaired) electrons. The molecule has 5 heteroatoms. The Labute approximate surface area is 135 Å². The van der Waals surface area contributed by atoms with Crippen molar-refractivity contribution in [1.82, 2.24) is 5.32 Å². The van der Waals surface area contributed by atoms with Gasteiger partial charge < -0.3 is 15.2 Å². The number of aliphatic hydroxyl groups is 1. The average Bonchev–Trinajstić information content (AvgIpc) is 2.41. The Morgan fingerprint density at radius 1 is 1.43 bits per heavy atom. The SMILES string of the molecule is CCCC(C)NC(=O)C(C)Oc1c(C)cc(Br)cc1CO. The number of aliphatic hydroxyl groups excluding tert-OH is 1. The van der Waals surface area contributed by atoms with Crippen LogP contribution in [0.3, 0.4) is 0 Å². The van der Waals surface area contributed by atoms with Crippen molar-refractivity contribution in [1.29, 1.82) is 0 Å². The smallest absolute Gasteiger partial charge is 0.260 e. The van der Waals surface area contributed by atoms with Crippen molar-refractivity contribution >= 4 is 21.8 Å². The lowest BCUT2D eigenvalue weighted by Crippen LogP contribution is -2.41. The second-order valence-electron chi connectivity index (χ2n) is 5.33. The van der Waals surface area contributed by atoms with E-state index in [0.717, 1.165) is 22.9 Å². The second-order valence-corrected chi connectivity index (χ2v) is 6.24. The number of carbonyl (C=O) groups excluding carboxylic acids is 1. The van der Waals surface area contributed by atoms with Crippen LogP contribution in [0.2, 0.25) is 0 Å². The van der Waals surface area contributed by atoms with E-state index in [2.05, 4.69) is 28.2 Å². The number of amides is 1. The van der Waals surface area contributed by atoms with E-state index in [-0.39, 0.29) is 18.6 Å². The molecule has 0 aromatic heterocycles. The third-order valence-corrected chi connectivity index (χ3v) is 3.72. The van der Waals surface area contributed by atoms with E-state index in [1.165, 1.54) is 0 Å². The first-order valence-corrected chi connectivity index (χ1v) is 8.05. The van der Waals surface area contributed by atoms with E-state index in [4.69, 9.17) is 4.74 Å². The summed E-state index contributed by atoms with van der Waals surface area (Å²) >= 11 is 3.39. The predicted molar refractivity (Wildman–Crippen MR) is 87.4 cm³/mol. The number of carbonyl (C=O) groups is 1. The van der Waals surface area contributed by atoms with E-state index in [1.54, 1.807) is 13.0 Å². The normalized spacial score (nSPS) is 13.6. The van der Waals surface area contributed by atoms with Gasteiger partial charge in [-0.2, -0.15) is 0 Å². The third kappa shape index (κ3) is 5.32. The Hall–Kier alpha value is -1.07. The summed E-state index contributed by atoms with van der Waals surface area (Å²) in [6, 6.07) is 3.84. The number of benzene rings is 1. The maximum absolute atomic E-state index is 12.1. The molecule has 0 aliphatic carbocycles. The summed E-state index contributed by atoms with van der Waals surface area (Å²) in [5.41, 5.74) is 1.55. The summed E-state index contributed by atoms with van der Waals surface area (Å²) in [5, 5.41) is 12.4. The summed E-state index contributed by atoms with van der Waals surface area (Å²) in [6.45, 7) is 7.55. The topological polar surface area (TPSA) is 58.6 Å². The van der Waals surface area contributed by atoms with Gasteiger partial charge in [-0.05, 0) is 44.9 Å². The van der Waals surface area contributed by atoms with Crippen LogP contribution in [0.5, 0.6) is 5.75 Å². The highest BCUT2D eigenvalue weighted by Crippen LogP contribution is 2.29. The van der Waals surface area contributed by atoms with Crippen LogP contribution >= 0.6 is 15.9 Å². The van der Waals surface area contributed by atoms with Crippen LogP contribution in [0.4, 0.5) is 0 Å². The number of aryl methyl sites for hydroxylation is 1. The van der Waals surface area contributed by atoms with Crippen molar-refractivity contribution in [2.45, 2.75) is 59.3 Å². The maximum Gasteiger partial charge on any atom is 0.260 e. The Morgan fingerprint density at radius 2 is 2.10 bits per heavy atom. The summed E-state index contributed by atoms with van der Waals surface area (Å²) in [6.07, 6.45) is 1.36. The van der Waals surface area contributed by atoms with Gasteiger partial charge in [-0.3, -0.25) is 4.79 Å². The van der Waals surface area contributed by atoms with E-state index in [9.17, 15) is 9.90 Å². The molecule has 2 atom stereocenters. The first-order chi connectivity index (χ1) is 9.88. The minimum atomic E-state index is -0.602. The molecule has 2 N–H and O–H groups in total. The van der Waals surface area contributed by atoms with Crippen molar-refractivity contribution < 1.29 is 14.6 Å². The summed E-state index contributed by atoms with van der Waals surface area (Å²) in [5.74, 6) is 0.439. The monoisotopic (exact) mass is 357 g/mol. The number of nitrogens with one attached hydrogen (secondary N) is 1. The highest BCUT2D eigenvalue weighted by Gasteiger charge is 2.19. The molecule has 0 bridgehead atoms. The minimum absolute atomic E-state index is 0.129. The molecule has 0 spiro atoms. The van der Waals surface area contributed by atoms with Crippen LogP contribution in [0, 0.1) is 6.92 Å². The molecular formula is C16H24BrNO3. The zero-order valence-electron chi connectivity index (χ0n) is 13.1. The van der Waals surface area contributed by atoms with Gasteiger partial charge in [0.25, 0.3) is 5.91 Å². The van der Waals surface area contributed by atoms with Gasteiger partial charge in [0.2, 0.25) is 0 Å². The Kier molecular flexibility index (Phi) is 7.18. The fourth-order valence-corrected chi connectivity index (χ4v) is 2.80. The van der Waals surface area contributed by atoms with Gasteiger partial charge in [-0.15, -0.1) is 0 Å². The first kappa shape index (κ1) is 18.0. The van der Waals surface area contributed by atoms with Crippen molar-refractivity contribution in [3.05, 3.63) is 27.7 Å². The highest BCUT2D eigenvalue weighted by atomic mass is 79.9. The molecule has 0 saturated carbocycles. The zero-order chi connectivity index (χ0) is 16.0. The lowest BCUT2D eigenvalue weighted by molar-refractivity contribution is -0.127. The number of rotatable bonds is 7. The molecular weight excluding hydrogens is 334 g/mol. The van der Waals surface area contributed by atoms with Crippen molar-refractivity contribution in [2.75, 3.05) is 0 Å². The summed E-state index contributed by atoms with van der Waals surface area (Å²) in [7, 11) is 0. The number of hydrogen-bond donors (Lipinski definition) is 2. The standard InChI is InChI=1S/C16H24BrNO3/c1-5-6-11(3)18-16(20)12(4)21-15-10(2)7-14(17)8-13(15)9-19/h7-8,11-12,19H,5-6,9H2,1-4H3,(H,18,20). The molecule has 2 unspecified atom stereocenters. The Morgan fingerprint density at radius 3 is 2.67 bits per heavy atom. The van der Waals surface area contributed by atoms with Gasteiger partial charge in [0.15, 0.2) is 6.10 Å². The number of halogens is 1. The fraction of sp³-hybridized carbons (Fsp3) is 0.562. The Bertz CT molecular complexity index is 491. The van der Waals surface area contributed by atoms with E-state index in [1.807, 2.05) is 19.9 Å². The molecule has 1 rings (SSSR count). The molecule has 21 heavy (non-hydrogen) atoms. The summed E-state index contributed by atoms with van der Waals surface area (Å²) in [4.78, 5) is 12.1. The molecule has 1 amide bonds. The molecule has 0 heterocycles. The van der Waals surface area contributed by atoms with Crippen molar-refractivity contribution in [2.24, 2.45) is 0 Å². The van der Waals surface area contributed by atoms with Crippen LogP contribution in [0.15, 0.2) is 16.6 Å². The van der Waals surface area contributed by atoms with Crippen molar-refractivity contribution in [3.63, 3.8) is 0 Å². The average molecular weight is 358 g/mol. The fourth-order valence-electron chi connectivity index (χ4n) is 2.18. The molecule has 4 nitrogen and oxygen atoms in total. The Balaban J connectivity index is 2.79. The van der Waals surface area contributed by atoms with E-state index < -0.39 is 6.10 Å². The van der Waals surface area contributed by atoms with Gasteiger partial charge in [0, 0.05) is 16.1 Å². The largest absolute Gasteiger partial charge is 0.480 e. The lowest BCUT2D eigenvalue weighted by Gasteiger charge is -2.21. The molecule has 1 aromatic carbocycles. The van der Waals surface area contributed by atoms with Gasteiger partial charge in [-0.1, -0.05) is 29.3 Å². The van der Waals surface area contributed by atoms with Gasteiger partial charge in [0.1, 0.15) is 5.75 Å². The molecule has 0 aliphatic heterocycles. The highest BCUT2D eigenvalue weighted by molar-refractivity contribution is 9.10. The number of hydrogen-bond acceptors (Lipinski definition) is 3.